The highest BCUT2D eigenvalue weighted by Crippen LogP contribution is 2.26. The summed E-state index contributed by atoms with van der Waals surface area (Å²) in [7, 11) is 3.54. The van der Waals surface area contributed by atoms with Gasteiger partial charge in [0, 0.05) is 20.4 Å². The zero-order valence-electron chi connectivity index (χ0n) is 10.4. The molecule has 0 radical (unpaired) electrons. The predicted molar refractivity (Wildman–Crippen MR) is 71.0 cm³/mol. The normalized spacial score (nSPS) is 12.9. The summed E-state index contributed by atoms with van der Waals surface area (Å²) in [5.41, 5.74) is 8.15. The highest BCUT2D eigenvalue weighted by Gasteiger charge is 2.20. The zero-order chi connectivity index (χ0) is 13.1. The molecule has 0 saturated heterocycles. The van der Waals surface area contributed by atoms with Crippen LogP contribution < -0.4 is 5.73 Å². The number of hydrogen-bond acceptors (Lipinski definition) is 4. The van der Waals surface area contributed by atoms with E-state index in [1.54, 1.807) is 24.2 Å². The minimum Gasteiger partial charge on any atom is -0.383 e. The number of rotatable bonds is 5. The lowest BCUT2D eigenvalue weighted by Gasteiger charge is -2.15. The van der Waals surface area contributed by atoms with Gasteiger partial charge in [-0.2, -0.15) is 10.2 Å². The summed E-state index contributed by atoms with van der Waals surface area (Å²) in [5, 5.41) is 8.43. The number of ether oxygens (including phenoxy) is 1. The van der Waals surface area contributed by atoms with Crippen molar-refractivity contribution in [3.8, 4) is 0 Å². The van der Waals surface area contributed by atoms with Gasteiger partial charge in [-0.1, -0.05) is 0 Å². The van der Waals surface area contributed by atoms with E-state index in [0.29, 0.717) is 13.2 Å². The second kappa shape index (κ2) is 5.64. The maximum atomic E-state index is 6.29. The van der Waals surface area contributed by atoms with Gasteiger partial charge >= 0.3 is 0 Å². The first-order valence-corrected chi connectivity index (χ1v) is 6.38. The van der Waals surface area contributed by atoms with E-state index in [-0.39, 0.29) is 6.04 Å². The van der Waals surface area contributed by atoms with Gasteiger partial charge in [-0.15, -0.1) is 0 Å². The molecule has 7 heteroatoms. The smallest absolute Gasteiger partial charge is 0.0905 e. The Hall–Kier alpha value is -1.18. The molecule has 0 bridgehead atoms. The molecular weight excluding hydrogens is 298 g/mol. The van der Waals surface area contributed by atoms with E-state index < -0.39 is 0 Å². The van der Waals surface area contributed by atoms with Gasteiger partial charge in [-0.05, 0) is 22.0 Å². The summed E-state index contributed by atoms with van der Waals surface area (Å²) < 4.78 is 9.59. The zero-order valence-corrected chi connectivity index (χ0v) is 12.0. The molecule has 0 aliphatic rings. The van der Waals surface area contributed by atoms with Gasteiger partial charge in [0.15, 0.2) is 0 Å². The van der Waals surface area contributed by atoms with Crippen LogP contribution in [0.1, 0.15) is 17.4 Å². The molecule has 0 saturated carbocycles. The van der Waals surface area contributed by atoms with Crippen LogP contribution in [0.15, 0.2) is 22.9 Å². The van der Waals surface area contributed by atoms with Crippen molar-refractivity contribution in [1.29, 1.82) is 0 Å². The minimum absolute atomic E-state index is 0.272. The van der Waals surface area contributed by atoms with E-state index in [1.165, 1.54) is 0 Å². The van der Waals surface area contributed by atoms with E-state index in [4.69, 9.17) is 10.5 Å². The van der Waals surface area contributed by atoms with Gasteiger partial charge in [0.25, 0.3) is 0 Å². The molecule has 2 heterocycles. The van der Waals surface area contributed by atoms with Gasteiger partial charge in [-0.25, -0.2) is 0 Å². The van der Waals surface area contributed by atoms with Crippen LogP contribution in [-0.4, -0.2) is 33.3 Å². The van der Waals surface area contributed by atoms with Crippen molar-refractivity contribution >= 4 is 15.9 Å². The van der Waals surface area contributed by atoms with E-state index >= 15 is 0 Å². The van der Waals surface area contributed by atoms with Crippen molar-refractivity contribution in [1.82, 2.24) is 19.6 Å². The van der Waals surface area contributed by atoms with Crippen molar-refractivity contribution in [2.75, 3.05) is 13.7 Å². The molecule has 6 nitrogen and oxygen atoms in total. The van der Waals surface area contributed by atoms with Gasteiger partial charge in [0.05, 0.1) is 41.3 Å². The lowest BCUT2D eigenvalue weighted by molar-refractivity contribution is 0.182. The largest absolute Gasteiger partial charge is 0.383 e. The Morgan fingerprint density at radius 1 is 1.50 bits per heavy atom. The number of aromatic nitrogens is 4. The molecule has 2 aromatic heterocycles. The summed E-state index contributed by atoms with van der Waals surface area (Å²) in [5.74, 6) is 0. The van der Waals surface area contributed by atoms with Crippen LogP contribution in [0.25, 0.3) is 0 Å². The van der Waals surface area contributed by atoms with Crippen LogP contribution in [-0.2, 0) is 18.3 Å². The lowest BCUT2D eigenvalue weighted by atomic mass is 10.1. The fraction of sp³-hybridized carbons (Fsp3) is 0.455. The molecule has 1 atom stereocenters. The fourth-order valence-corrected chi connectivity index (χ4v) is 2.41. The number of methoxy groups -OCH3 is 1. The Kier molecular flexibility index (Phi) is 4.15. The maximum absolute atomic E-state index is 6.29. The third-order valence-electron chi connectivity index (χ3n) is 2.81. The van der Waals surface area contributed by atoms with Gasteiger partial charge in [0.1, 0.15) is 0 Å². The summed E-state index contributed by atoms with van der Waals surface area (Å²) in [4.78, 5) is 0. The summed E-state index contributed by atoms with van der Waals surface area (Å²) >= 11 is 3.49. The molecule has 98 valence electrons. The number of nitrogens with two attached hydrogens (primary N) is 1. The van der Waals surface area contributed by atoms with E-state index in [9.17, 15) is 0 Å². The first-order chi connectivity index (χ1) is 8.65. The van der Waals surface area contributed by atoms with E-state index in [2.05, 4.69) is 26.1 Å². The van der Waals surface area contributed by atoms with Crippen molar-refractivity contribution in [2.24, 2.45) is 12.8 Å². The molecule has 2 rings (SSSR count). The Morgan fingerprint density at radius 2 is 2.28 bits per heavy atom. The maximum Gasteiger partial charge on any atom is 0.0905 e. The van der Waals surface area contributed by atoms with Crippen molar-refractivity contribution < 1.29 is 4.74 Å². The van der Waals surface area contributed by atoms with Crippen LogP contribution in [0, 0.1) is 0 Å². The highest BCUT2D eigenvalue weighted by atomic mass is 79.9. The second-order valence-electron chi connectivity index (χ2n) is 3.95. The molecular formula is C11H16BrN5O. The van der Waals surface area contributed by atoms with Crippen molar-refractivity contribution in [3.05, 3.63) is 34.3 Å². The molecule has 1 unspecified atom stereocenters. The molecule has 0 aromatic carbocycles. The summed E-state index contributed by atoms with van der Waals surface area (Å²) in [6.07, 6.45) is 3.49. The second-order valence-corrected chi connectivity index (χ2v) is 4.81. The molecule has 0 aliphatic carbocycles. The molecule has 0 spiro atoms. The molecule has 2 N–H and O–H groups in total. The Morgan fingerprint density at radius 3 is 2.89 bits per heavy atom. The monoisotopic (exact) mass is 313 g/mol. The van der Waals surface area contributed by atoms with Gasteiger partial charge in [-0.3, -0.25) is 9.36 Å². The average molecular weight is 314 g/mol. The van der Waals surface area contributed by atoms with Crippen LogP contribution >= 0.6 is 15.9 Å². The highest BCUT2D eigenvalue weighted by molar-refractivity contribution is 9.10. The SMILES string of the molecule is COCCn1ncc(Br)c1C(N)c1ccnn1C. The molecule has 0 fully saturated rings. The van der Waals surface area contributed by atoms with E-state index in [0.717, 1.165) is 15.9 Å². The Balaban J connectivity index is 2.32. The molecule has 18 heavy (non-hydrogen) atoms. The first-order valence-electron chi connectivity index (χ1n) is 5.58. The minimum atomic E-state index is -0.272. The van der Waals surface area contributed by atoms with E-state index in [1.807, 2.05) is 17.8 Å². The lowest BCUT2D eigenvalue weighted by Crippen LogP contribution is -2.21. The number of aryl methyl sites for hydroxylation is 1. The topological polar surface area (TPSA) is 70.9 Å². The number of nitrogens with zero attached hydrogens (tertiary/aromatic N) is 4. The van der Waals surface area contributed by atoms with Crippen LogP contribution in [0.3, 0.4) is 0 Å². The predicted octanol–water partition coefficient (Wildman–Crippen LogP) is 1.07. The Labute approximate surface area is 114 Å². The average Bonchev–Trinajstić information content (AvgIpc) is 2.92. The molecule has 0 aliphatic heterocycles. The van der Waals surface area contributed by atoms with Crippen molar-refractivity contribution in [2.45, 2.75) is 12.6 Å². The summed E-state index contributed by atoms with van der Waals surface area (Å²) in [6.45, 7) is 1.27. The Bertz CT molecular complexity index is 521. The third-order valence-corrected chi connectivity index (χ3v) is 3.42. The third kappa shape index (κ3) is 2.47. The van der Waals surface area contributed by atoms with Crippen LogP contribution in [0.2, 0.25) is 0 Å². The fourth-order valence-electron chi connectivity index (χ4n) is 1.87. The standard InChI is InChI=1S/C11H16BrN5O/c1-16-9(3-4-14-16)10(13)11-8(12)7-15-17(11)5-6-18-2/h3-4,7,10H,5-6,13H2,1-2H3. The van der Waals surface area contributed by atoms with Gasteiger partial charge < -0.3 is 10.5 Å². The van der Waals surface area contributed by atoms with Gasteiger partial charge in [0.2, 0.25) is 0 Å². The van der Waals surface area contributed by atoms with Crippen LogP contribution in [0.4, 0.5) is 0 Å². The first kappa shape index (κ1) is 13.3. The molecule has 0 amide bonds. The summed E-state index contributed by atoms with van der Waals surface area (Å²) in [6, 6.07) is 1.64. The quantitative estimate of drug-likeness (QED) is 0.896. The van der Waals surface area contributed by atoms with Crippen molar-refractivity contribution in [3.63, 3.8) is 0 Å². The molecule has 2 aromatic rings. The van der Waals surface area contributed by atoms with Crippen LogP contribution in [0.5, 0.6) is 0 Å². The number of hydrogen-bond donors (Lipinski definition) is 1. The number of halogens is 1.